The molecule has 0 aliphatic carbocycles. The van der Waals surface area contributed by atoms with E-state index in [0.29, 0.717) is 46.1 Å². The first-order valence-electron chi connectivity index (χ1n) is 14.6. The van der Waals surface area contributed by atoms with E-state index in [4.69, 9.17) is 23.7 Å². The van der Waals surface area contributed by atoms with Crippen LogP contribution in [-0.2, 0) is 50.1 Å². The van der Waals surface area contributed by atoms with Gasteiger partial charge in [-0.2, -0.15) is 0 Å². The lowest BCUT2D eigenvalue weighted by Crippen LogP contribution is -2.50. The van der Waals surface area contributed by atoms with Gasteiger partial charge in [0.15, 0.2) is 0 Å². The van der Waals surface area contributed by atoms with Gasteiger partial charge in [0.05, 0.1) is 45.7 Å². The van der Waals surface area contributed by atoms with Gasteiger partial charge in [-0.25, -0.2) is 0 Å². The van der Waals surface area contributed by atoms with E-state index < -0.39 is 18.3 Å². The zero-order valence-corrected chi connectivity index (χ0v) is 24.1. The normalized spacial score (nSPS) is 17.1. The molecule has 5 heteroatoms. The van der Waals surface area contributed by atoms with E-state index in [1.807, 2.05) is 72.8 Å². The van der Waals surface area contributed by atoms with Gasteiger partial charge in [0.1, 0.15) is 18.3 Å². The van der Waals surface area contributed by atoms with Crippen LogP contribution in [0.1, 0.15) is 28.7 Å². The molecule has 0 saturated carbocycles. The van der Waals surface area contributed by atoms with Crippen LogP contribution < -0.4 is 0 Å². The van der Waals surface area contributed by atoms with Crippen molar-refractivity contribution in [3.63, 3.8) is 0 Å². The molecular weight excluding hydrogens is 524 g/mol. The van der Waals surface area contributed by atoms with Crippen LogP contribution in [-0.4, -0.2) is 37.6 Å². The number of benzene rings is 4. The maximum absolute atomic E-state index is 6.74. The second-order valence-electron chi connectivity index (χ2n) is 10.7. The Morgan fingerprint density at radius 3 is 1.52 bits per heavy atom. The van der Waals surface area contributed by atoms with Gasteiger partial charge in [-0.1, -0.05) is 128 Å². The SMILES string of the molecule is C=C1COC([C@@H](OCc2ccccc2)[C@H](OCc2ccccc2)[C@@H](COCc2ccccc2)OCc2ccccc2)C1. The Bertz CT molecular complexity index is 1310. The summed E-state index contributed by atoms with van der Waals surface area (Å²) in [5, 5.41) is 0. The zero-order chi connectivity index (χ0) is 28.8. The second-order valence-corrected chi connectivity index (χ2v) is 10.7. The highest BCUT2D eigenvalue weighted by Crippen LogP contribution is 2.29. The van der Waals surface area contributed by atoms with Crippen molar-refractivity contribution in [3.8, 4) is 0 Å². The molecule has 1 unspecified atom stereocenters. The van der Waals surface area contributed by atoms with E-state index in [1.165, 1.54) is 0 Å². The fraction of sp³-hybridized carbons (Fsp3) is 0.297. The molecule has 4 aromatic rings. The molecule has 0 bridgehead atoms. The summed E-state index contributed by atoms with van der Waals surface area (Å²) in [5.74, 6) is 0. The van der Waals surface area contributed by atoms with Gasteiger partial charge < -0.3 is 23.7 Å². The van der Waals surface area contributed by atoms with Gasteiger partial charge in [0.25, 0.3) is 0 Å². The van der Waals surface area contributed by atoms with Gasteiger partial charge in [-0.15, -0.1) is 0 Å². The highest BCUT2D eigenvalue weighted by atomic mass is 16.6. The minimum atomic E-state index is -0.468. The lowest BCUT2D eigenvalue weighted by molar-refractivity contribution is -0.192. The fourth-order valence-corrected chi connectivity index (χ4v) is 5.08. The first kappa shape index (κ1) is 29.9. The summed E-state index contributed by atoms with van der Waals surface area (Å²) in [6.07, 6.45) is -0.797. The number of ether oxygens (including phenoxy) is 5. The monoisotopic (exact) mass is 564 g/mol. The van der Waals surface area contributed by atoms with E-state index in [0.717, 1.165) is 27.8 Å². The summed E-state index contributed by atoms with van der Waals surface area (Å²) in [6, 6.07) is 40.7. The molecule has 1 aliphatic heterocycles. The Balaban J connectivity index is 1.41. The van der Waals surface area contributed by atoms with E-state index >= 15 is 0 Å². The fourth-order valence-electron chi connectivity index (χ4n) is 5.08. The molecule has 0 spiro atoms. The van der Waals surface area contributed by atoms with Crippen LogP contribution in [0.5, 0.6) is 0 Å². The molecular formula is C37H40O5. The predicted octanol–water partition coefficient (Wildman–Crippen LogP) is 7.30. The van der Waals surface area contributed by atoms with Crippen LogP contribution in [0.4, 0.5) is 0 Å². The molecule has 1 saturated heterocycles. The molecule has 218 valence electrons. The van der Waals surface area contributed by atoms with Crippen molar-refractivity contribution in [2.45, 2.75) is 57.3 Å². The largest absolute Gasteiger partial charge is 0.374 e. The van der Waals surface area contributed by atoms with Crippen molar-refractivity contribution in [2.75, 3.05) is 13.2 Å². The van der Waals surface area contributed by atoms with Crippen LogP contribution in [0.2, 0.25) is 0 Å². The molecule has 5 nitrogen and oxygen atoms in total. The van der Waals surface area contributed by atoms with E-state index in [9.17, 15) is 0 Å². The number of rotatable bonds is 16. The molecule has 4 atom stereocenters. The quantitative estimate of drug-likeness (QED) is 0.134. The topological polar surface area (TPSA) is 46.2 Å². The average molecular weight is 565 g/mol. The van der Waals surface area contributed by atoms with Crippen LogP contribution in [0.15, 0.2) is 133 Å². The van der Waals surface area contributed by atoms with Crippen LogP contribution in [0, 0.1) is 0 Å². The maximum Gasteiger partial charge on any atom is 0.115 e. The summed E-state index contributed by atoms with van der Waals surface area (Å²) in [6.45, 7) is 6.78. The van der Waals surface area contributed by atoms with Gasteiger partial charge in [0.2, 0.25) is 0 Å². The predicted molar refractivity (Wildman–Crippen MR) is 165 cm³/mol. The number of hydrogen-bond donors (Lipinski definition) is 0. The minimum Gasteiger partial charge on any atom is -0.374 e. The highest BCUT2D eigenvalue weighted by Gasteiger charge is 2.40. The van der Waals surface area contributed by atoms with Gasteiger partial charge in [-0.05, 0) is 34.2 Å². The van der Waals surface area contributed by atoms with Crippen LogP contribution in [0.25, 0.3) is 0 Å². The lowest BCUT2D eigenvalue weighted by Gasteiger charge is -2.36. The Hall–Kier alpha value is -3.58. The summed E-state index contributed by atoms with van der Waals surface area (Å²) in [7, 11) is 0. The zero-order valence-electron chi connectivity index (χ0n) is 24.1. The van der Waals surface area contributed by atoms with Gasteiger partial charge in [-0.3, -0.25) is 0 Å². The highest BCUT2D eigenvalue weighted by molar-refractivity contribution is 5.16. The maximum atomic E-state index is 6.74. The summed E-state index contributed by atoms with van der Waals surface area (Å²) >= 11 is 0. The van der Waals surface area contributed by atoms with Crippen molar-refractivity contribution >= 4 is 0 Å². The molecule has 42 heavy (non-hydrogen) atoms. The Labute approximate surface area is 249 Å². The van der Waals surface area contributed by atoms with Gasteiger partial charge >= 0.3 is 0 Å². The van der Waals surface area contributed by atoms with Crippen molar-refractivity contribution in [1.29, 1.82) is 0 Å². The standard InChI is InChI=1S/C37H40O5/c1-29-22-34(39-23-29)36(41-26-32-18-10-4-11-19-32)37(42-27-33-20-12-5-13-21-33)35(40-25-31-16-8-3-9-17-31)28-38-24-30-14-6-2-7-15-30/h2-21,34-37H,1,22-28H2/t34?,35-,36-,37-/m1/s1. The Kier molecular flexibility index (Phi) is 11.5. The van der Waals surface area contributed by atoms with E-state index in [2.05, 4.69) is 55.1 Å². The lowest BCUT2D eigenvalue weighted by atomic mass is 9.99. The molecule has 5 rings (SSSR count). The van der Waals surface area contributed by atoms with Crippen molar-refractivity contribution < 1.29 is 23.7 Å². The molecule has 1 aliphatic rings. The van der Waals surface area contributed by atoms with Crippen LogP contribution in [0.3, 0.4) is 0 Å². The average Bonchev–Trinajstić information content (AvgIpc) is 3.48. The third-order valence-corrected chi connectivity index (χ3v) is 7.32. The third kappa shape index (κ3) is 9.21. The molecule has 1 fully saturated rings. The minimum absolute atomic E-state index is 0.209. The number of hydrogen-bond acceptors (Lipinski definition) is 5. The third-order valence-electron chi connectivity index (χ3n) is 7.32. The van der Waals surface area contributed by atoms with E-state index in [-0.39, 0.29) is 6.10 Å². The van der Waals surface area contributed by atoms with Crippen molar-refractivity contribution in [3.05, 3.63) is 156 Å². The molecule has 0 aromatic heterocycles. The smallest absolute Gasteiger partial charge is 0.115 e. The second kappa shape index (κ2) is 16.2. The molecule has 0 N–H and O–H groups in total. The molecule has 0 radical (unpaired) electrons. The Morgan fingerprint density at radius 2 is 1.05 bits per heavy atom. The van der Waals surface area contributed by atoms with Crippen molar-refractivity contribution in [2.24, 2.45) is 0 Å². The summed E-state index contributed by atoms with van der Waals surface area (Å²) < 4.78 is 32.6. The first-order valence-corrected chi connectivity index (χ1v) is 14.6. The van der Waals surface area contributed by atoms with Crippen LogP contribution >= 0.6 is 0 Å². The van der Waals surface area contributed by atoms with Crippen molar-refractivity contribution in [1.82, 2.24) is 0 Å². The summed E-state index contributed by atoms with van der Waals surface area (Å²) in [5.41, 5.74) is 5.40. The Morgan fingerprint density at radius 1 is 0.595 bits per heavy atom. The molecule has 4 aromatic carbocycles. The molecule has 0 amide bonds. The van der Waals surface area contributed by atoms with Gasteiger partial charge in [0, 0.05) is 0 Å². The molecule has 1 heterocycles. The summed E-state index contributed by atoms with van der Waals surface area (Å²) in [4.78, 5) is 0. The van der Waals surface area contributed by atoms with E-state index in [1.54, 1.807) is 0 Å². The first-order chi connectivity index (χ1) is 20.7.